The van der Waals surface area contributed by atoms with Crippen molar-refractivity contribution < 1.29 is 19.2 Å². The highest BCUT2D eigenvalue weighted by atomic mass is 16.2. The van der Waals surface area contributed by atoms with E-state index in [1.165, 1.54) is 456 Å². The molecule has 0 aromatic carbocycles. The van der Waals surface area contributed by atoms with Gasteiger partial charge in [0.2, 0.25) is 23.6 Å². The number of amides is 4. The van der Waals surface area contributed by atoms with Gasteiger partial charge in [0.15, 0.2) is 0 Å². The monoisotopic (exact) mass is 1510 g/mol. The average Bonchev–Trinajstić information content (AvgIpc) is 0.920. The molecule has 0 fully saturated rings. The highest BCUT2D eigenvalue weighted by Crippen LogP contribution is 2.34. The Hall–Kier alpha value is -2.12. The first kappa shape index (κ1) is 105. The first-order chi connectivity index (χ1) is 52.8. The van der Waals surface area contributed by atoms with E-state index in [2.05, 4.69) is 42.0 Å². The molecule has 107 heavy (non-hydrogen) atoms. The van der Waals surface area contributed by atoms with Gasteiger partial charge < -0.3 is 21.3 Å². The van der Waals surface area contributed by atoms with E-state index < -0.39 is 0 Å². The lowest BCUT2D eigenvalue weighted by Crippen LogP contribution is -2.24. The summed E-state index contributed by atoms with van der Waals surface area (Å²) < 4.78 is 0. The van der Waals surface area contributed by atoms with Crippen LogP contribution < -0.4 is 21.3 Å². The minimum atomic E-state index is 0.0409. The third-order valence-corrected chi connectivity index (χ3v) is 24.3. The van der Waals surface area contributed by atoms with E-state index >= 15 is 0 Å². The summed E-state index contributed by atoms with van der Waals surface area (Å²) in [6.45, 7) is 11.7. The zero-order valence-corrected chi connectivity index (χ0v) is 73.7. The second-order valence-electron chi connectivity index (χ2n) is 35.0. The summed E-state index contributed by atoms with van der Waals surface area (Å²) in [5.74, 6) is 2.53. The Balaban J connectivity index is 3.64. The van der Waals surface area contributed by atoms with Gasteiger partial charge in [0.25, 0.3) is 0 Å². The molecule has 4 N–H and O–H groups in total. The molecule has 2 atom stereocenters. The van der Waals surface area contributed by atoms with Gasteiger partial charge in [0.1, 0.15) is 0 Å². The number of nitrogens with one attached hydrogen (secondary N) is 4. The SMILES string of the molecule is CCCCCCCCCCCCCCCCCCCCCCCCCCCCCCCCCCCCCCCCCCCCCCCCC(=O)NCCCCCCNC(=O)CCCCCCCCCCC(CCCCCC)C(CCCCCC)CCCCCCCCCCC(=O)NCCCCCCNC(C)=O. The Morgan fingerprint density at radius 2 is 0.299 bits per heavy atom. The number of hydrogen-bond donors (Lipinski definition) is 4. The van der Waals surface area contributed by atoms with Crippen molar-refractivity contribution in [3.63, 3.8) is 0 Å². The normalized spacial score (nSPS) is 12.1. The lowest BCUT2D eigenvalue weighted by Gasteiger charge is -2.28. The van der Waals surface area contributed by atoms with Crippen molar-refractivity contribution in [3.8, 4) is 0 Å². The van der Waals surface area contributed by atoms with Crippen LogP contribution in [0, 0.1) is 11.8 Å². The van der Waals surface area contributed by atoms with Gasteiger partial charge in [-0.15, -0.1) is 0 Å². The summed E-state index contributed by atoms with van der Waals surface area (Å²) in [6, 6.07) is 0. The molecular weight excluding hydrogens is 1310 g/mol. The van der Waals surface area contributed by atoms with Crippen molar-refractivity contribution in [2.24, 2.45) is 11.8 Å². The first-order valence-electron chi connectivity index (χ1n) is 49.9. The molecule has 0 aliphatic rings. The summed E-state index contributed by atoms with van der Waals surface area (Å²) in [7, 11) is 0. The fourth-order valence-electron chi connectivity index (χ4n) is 17.0. The van der Waals surface area contributed by atoms with E-state index in [1.807, 2.05) is 0 Å². The predicted octanol–water partition coefficient (Wildman–Crippen LogP) is 31.9. The average molecular weight is 1510 g/mol. The molecule has 0 aliphatic carbocycles. The maximum Gasteiger partial charge on any atom is 0.219 e. The number of hydrogen-bond acceptors (Lipinski definition) is 4. The van der Waals surface area contributed by atoms with Crippen molar-refractivity contribution in [2.75, 3.05) is 26.2 Å². The molecular formula is C99H196N4O4. The minimum absolute atomic E-state index is 0.0409. The minimum Gasteiger partial charge on any atom is -0.356 e. The first-order valence-corrected chi connectivity index (χ1v) is 49.9. The van der Waals surface area contributed by atoms with Gasteiger partial charge in [-0.1, -0.05) is 502 Å². The zero-order chi connectivity index (χ0) is 77.2. The summed E-state index contributed by atoms with van der Waals surface area (Å²) in [6.07, 6.45) is 114. The van der Waals surface area contributed by atoms with Gasteiger partial charge in [-0.25, -0.2) is 0 Å². The van der Waals surface area contributed by atoms with Crippen LogP contribution in [-0.2, 0) is 19.2 Å². The Kier molecular flexibility index (Phi) is 90.9. The van der Waals surface area contributed by atoms with Crippen LogP contribution in [0.1, 0.15) is 573 Å². The Bertz CT molecular complexity index is 1740. The van der Waals surface area contributed by atoms with E-state index in [9.17, 15) is 19.2 Å². The van der Waals surface area contributed by atoms with E-state index in [0.717, 1.165) is 109 Å². The van der Waals surface area contributed by atoms with Crippen LogP contribution in [0.2, 0.25) is 0 Å². The second-order valence-corrected chi connectivity index (χ2v) is 35.0. The maximum absolute atomic E-state index is 12.5. The van der Waals surface area contributed by atoms with Crippen molar-refractivity contribution in [3.05, 3.63) is 0 Å². The Labute approximate surface area is 671 Å². The van der Waals surface area contributed by atoms with Crippen LogP contribution in [-0.4, -0.2) is 49.8 Å². The summed E-state index contributed by atoms with van der Waals surface area (Å²) in [4.78, 5) is 48.2. The largest absolute Gasteiger partial charge is 0.356 e. The Morgan fingerprint density at radius 3 is 0.467 bits per heavy atom. The molecule has 8 nitrogen and oxygen atoms in total. The second kappa shape index (κ2) is 92.7. The summed E-state index contributed by atoms with van der Waals surface area (Å²) >= 11 is 0. The van der Waals surface area contributed by atoms with E-state index in [0.29, 0.717) is 19.3 Å². The van der Waals surface area contributed by atoms with Gasteiger partial charge >= 0.3 is 0 Å². The third kappa shape index (κ3) is 89.3. The quantitative estimate of drug-likeness (QED) is 0.0454. The van der Waals surface area contributed by atoms with Crippen molar-refractivity contribution in [2.45, 2.75) is 573 Å². The van der Waals surface area contributed by atoms with Gasteiger partial charge in [0, 0.05) is 52.4 Å². The molecule has 0 bridgehead atoms. The van der Waals surface area contributed by atoms with E-state index in [4.69, 9.17) is 0 Å². The van der Waals surface area contributed by atoms with E-state index in [-0.39, 0.29) is 23.6 Å². The topological polar surface area (TPSA) is 116 Å². The number of carbonyl (C=O) groups excluding carboxylic acids is 4. The molecule has 2 unspecified atom stereocenters. The molecule has 0 aromatic heterocycles. The van der Waals surface area contributed by atoms with Crippen LogP contribution in [0.3, 0.4) is 0 Å². The van der Waals surface area contributed by atoms with Gasteiger partial charge in [-0.3, -0.25) is 19.2 Å². The van der Waals surface area contributed by atoms with Crippen molar-refractivity contribution in [1.29, 1.82) is 0 Å². The molecule has 0 aliphatic heterocycles. The number of unbranched alkanes of at least 4 members (excludes halogenated alkanes) is 71. The lowest BCUT2D eigenvalue weighted by molar-refractivity contribution is -0.122. The van der Waals surface area contributed by atoms with Crippen LogP contribution >= 0.6 is 0 Å². The summed E-state index contributed by atoms with van der Waals surface area (Å²) in [5, 5.41) is 12.3. The molecule has 0 aromatic rings. The van der Waals surface area contributed by atoms with E-state index in [1.54, 1.807) is 6.92 Å². The fraction of sp³-hybridized carbons (Fsp3) is 0.960. The number of carbonyl (C=O) groups is 4. The molecule has 0 radical (unpaired) electrons. The third-order valence-electron chi connectivity index (χ3n) is 24.3. The lowest BCUT2D eigenvalue weighted by atomic mass is 9.78. The molecule has 4 amide bonds. The molecule has 0 heterocycles. The van der Waals surface area contributed by atoms with Crippen molar-refractivity contribution >= 4 is 23.6 Å². The van der Waals surface area contributed by atoms with Gasteiger partial charge in [0.05, 0.1) is 0 Å². The van der Waals surface area contributed by atoms with Crippen LogP contribution in [0.5, 0.6) is 0 Å². The molecule has 636 valence electrons. The van der Waals surface area contributed by atoms with Crippen LogP contribution in [0.25, 0.3) is 0 Å². The maximum atomic E-state index is 12.5. The molecule has 8 heteroatoms. The zero-order valence-electron chi connectivity index (χ0n) is 73.7. The number of rotatable bonds is 94. The fourth-order valence-corrected chi connectivity index (χ4v) is 17.0. The van der Waals surface area contributed by atoms with Crippen molar-refractivity contribution in [1.82, 2.24) is 21.3 Å². The predicted molar refractivity (Wildman–Crippen MR) is 474 cm³/mol. The van der Waals surface area contributed by atoms with Gasteiger partial charge in [-0.2, -0.15) is 0 Å². The molecule has 0 saturated carbocycles. The molecule has 0 spiro atoms. The van der Waals surface area contributed by atoms with Gasteiger partial charge in [-0.05, 0) is 56.8 Å². The van der Waals surface area contributed by atoms with Crippen LogP contribution in [0.4, 0.5) is 0 Å². The Morgan fingerprint density at radius 1 is 0.168 bits per heavy atom. The smallest absolute Gasteiger partial charge is 0.219 e. The highest BCUT2D eigenvalue weighted by molar-refractivity contribution is 5.76. The molecule has 0 saturated heterocycles. The molecule has 0 rings (SSSR count). The van der Waals surface area contributed by atoms with Crippen LogP contribution in [0.15, 0.2) is 0 Å². The highest BCUT2D eigenvalue weighted by Gasteiger charge is 2.21. The summed E-state index contributed by atoms with van der Waals surface area (Å²) in [5.41, 5.74) is 0. The standard InChI is InChI=1S/C99H196N4O4/c1-5-8-11-14-15-16-17-18-19-20-21-22-23-24-25-26-27-28-29-30-31-32-33-34-35-36-37-38-39-40-41-42-43-44-45-46-47-48-49-50-51-52-53-60-65-76-87-98(106)102-92-81-70-71-82-93-103-99(107)89-78-67-62-57-55-59-64-75-86-96(84-73-13-10-7-3)95(83-72-12-9-6-2)85-74-63-58-54-56-61-66-77-88-97(105)101-91-80-69-68-79-90-100-94(4)104/h95-96H,5-93H2,1-4H3,(H,100,104)(H,101,105)(H,102,106)(H,103,107).